The van der Waals surface area contributed by atoms with E-state index < -0.39 is 22.4 Å². The molecule has 2 rings (SSSR count). The van der Waals surface area contributed by atoms with Gasteiger partial charge in [0.2, 0.25) is 0 Å². The van der Waals surface area contributed by atoms with Crippen LogP contribution in [0.1, 0.15) is 5.56 Å². The minimum absolute atomic E-state index is 0.0517. The number of nitrogens with zero attached hydrogens (tertiary/aromatic N) is 3. The maximum Gasteiger partial charge on any atom is 0.277 e. The zero-order valence-corrected chi connectivity index (χ0v) is 13.1. The van der Waals surface area contributed by atoms with E-state index in [1.54, 1.807) is 0 Å². The normalized spacial score (nSPS) is 10.5. The van der Waals surface area contributed by atoms with Crippen molar-refractivity contribution in [2.45, 2.75) is 0 Å². The van der Waals surface area contributed by atoms with Gasteiger partial charge < -0.3 is 9.84 Å². The van der Waals surface area contributed by atoms with Crippen LogP contribution in [-0.2, 0) is 4.79 Å². The molecule has 1 amide bonds. The standard InChI is InChI=1S/C15H12N4O7/c20-14-6-3-12(19(24)25)7-10(14)8-16-17-15(21)9-26-13-4-1-11(2-5-13)18(22)23/h1-8,20H,9H2,(H,17,21)/b16-8+. The Balaban J connectivity index is 1.88. The van der Waals surface area contributed by atoms with Crippen molar-refractivity contribution < 1.29 is 24.5 Å². The predicted octanol–water partition coefficient (Wildman–Crippen LogP) is 1.74. The summed E-state index contributed by atoms with van der Waals surface area (Å²) in [5, 5.41) is 34.4. The summed E-state index contributed by atoms with van der Waals surface area (Å²) in [4.78, 5) is 31.6. The fraction of sp³-hybridized carbons (Fsp3) is 0.0667. The number of phenolic OH excluding ortho intramolecular Hbond substituents is 1. The highest BCUT2D eigenvalue weighted by Crippen LogP contribution is 2.21. The van der Waals surface area contributed by atoms with Crippen LogP contribution in [0.3, 0.4) is 0 Å². The van der Waals surface area contributed by atoms with E-state index in [9.17, 15) is 30.1 Å². The quantitative estimate of drug-likeness (QED) is 0.432. The van der Waals surface area contributed by atoms with Crippen molar-refractivity contribution in [3.05, 3.63) is 68.3 Å². The van der Waals surface area contributed by atoms with E-state index >= 15 is 0 Å². The molecule has 0 fully saturated rings. The fourth-order valence-electron chi connectivity index (χ4n) is 1.78. The Morgan fingerprint density at radius 1 is 1.12 bits per heavy atom. The second-order valence-corrected chi connectivity index (χ2v) is 4.83. The van der Waals surface area contributed by atoms with Crippen LogP contribution in [0.4, 0.5) is 11.4 Å². The van der Waals surface area contributed by atoms with Crippen LogP contribution in [0.15, 0.2) is 47.6 Å². The molecule has 26 heavy (non-hydrogen) atoms. The monoisotopic (exact) mass is 360 g/mol. The zero-order valence-electron chi connectivity index (χ0n) is 13.1. The van der Waals surface area contributed by atoms with E-state index in [2.05, 4.69) is 10.5 Å². The molecule has 0 spiro atoms. The number of benzene rings is 2. The largest absolute Gasteiger partial charge is 0.507 e. The van der Waals surface area contributed by atoms with Gasteiger partial charge >= 0.3 is 0 Å². The number of non-ortho nitro benzene ring substituents is 2. The van der Waals surface area contributed by atoms with Crippen LogP contribution in [0.5, 0.6) is 11.5 Å². The molecule has 2 N–H and O–H groups in total. The first-order chi connectivity index (χ1) is 12.4. The lowest BCUT2D eigenvalue weighted by Gasteiger charge is -2.04. The Morgan fingerprint density at radius 2 is 1.73 bits per heavy atom. The van der Waals surface area contributed by atoms with Crippen molar-refractivity contribution in [3.63, 3.8) is 0 Å². The number of carbonyl (C=O) groups is 1. The third kappa shape index (κ3) is 4.99. The summed E-state index contributed by atoms with van der Waals surface area (Å²) in [6, 6.07) is 8.51. The average Bonchev–Trinajstić information content (AvgIpc) is 2.61. The summed E-state index contributed by atoms with van der Waals surface area (Å²) in [6.45, 7) is -0.407. The molecule has 0 radical (unpaired) electrons. The number of hydrogen-bond donors (Lipinski definition) is 2. The lowest BCUT2D eigenvalue weighted by Crippen LogP contribution is -2.24. The molecule has 11 nitrogen and oxygen atoms in total. The van der Waals surface area contributed by atoms with Crippen molar-refractivity contribution in [3.8, 4) is 11.5 Å². The van der Waals surface area contributed by atoms with E-state index in [1.807, 2.05) is 0 Å². The average molecular weight is 360 g/mol. The number of nitrogens with one attached hydrogen (secondary N) is 1. The van der Waals surface area contributed by atoms with Crippen molar-refractivity contribution in [2.75, 3.05) is 6.61 Å². The molecule has 0 saturated carbocycles. The zero-order chi connectivity index (χ0) is 19.1. The molecule has 0 aliphatic heterocycles. The summed E-state index contributed by atoms with van der Waals surface area (Å²) in [5.41, 5.74) is 1.83. The lowest BCUT2D eigenvalue weighted by molar-refractivity contribution is -0.385. The maximum absolute atomic E-state index is 11.6. The fourth-order valence-corrected chi connectivity index (χ4v) is 1.78. The molecule has 2 aromatic rings. The Bertz CT molecular complexity index is 865. The van der Waals surface area contributed by atoms with Crippen LogP contribution in [0.25, 0.3) is 0 Å². The Labute approximate surface area is 145 Å². The van der Waals surface area contributed by atoms with Gasteiger partial charge in [0.05, 0.1) is 16.1 Å². The Morgan fingerprint density at radius 3 is 2.35 bits per heavy atom. The molecular weight excluding hydrogens is 348 g/mol. The third-order valence-electron chi connectivity index (χ3n) is 3.03. The second kappa shape index (κ2) is 8.19. The summed E-state index contributed by atoms with van der Waals surface area (Å²) < 4.78 is 5.13. The predicted molar refractivity (Wildman–Crippen MR) is 89.1 cm³/mol. The third-order valence-corrected chi connectivity index (χ3v) is 3.03. The van der Waals surface area contributed by atoms with Crippen LogP contribution in [-0.4, -0.2) is 33.7 Å². The van der Waals surface area contributed by atoms with Gasteiger partial charge in [-0.15, -0.1) is 0 Å². The van der Waals surface area contributed by atoms with E-state index in [0.29, 0.717) is 0 Å². The van der Waals surface area contributed by atoms with Gasteiger partial charge in [0.1, 0.15) is 11.5 Å². The van der Waals surface area contributed by atoms with Crippen LogP contribution < -0.4 is 10.2 Å². The first-order valence-corrected chi connectivity index (χ1v) is 7.03. The summed E-state index contributed by atoms with van der Waals surface area (Å²) in [6.07, 6.45) is 1.05. The summed E-state index contributed by atoms with van der Waals surface area (Å²) in [5.74, 6) is -0.619. The van der Waals surface area contributed by atoms with Crippen molar-refractivity contribution in [2.24, 2.45) is 5.10 Å². The van der Waals surface area contributed by atoms with Crippen molar-refractivity contribution >= 4 is 23.5 Å². The van der Waals surface area contributed by atoms with E-state index in [-0.39, 0.29) is 28.4 Å². The van der Waals surface area contributed by atoms with E-state index in [0.717, 1.165) is 24.4 Å². The highest BCUT2D eigenvalue weighted by molar-refractivity contribution is 5.86. The number of phenols is 1. The van der Waals surface area contributed by atoms with Gasteiger partial charge in [0.25, 0.3) is 17.3 Å². The molecule has 2 aromatic carbocycles. The number of amides is 1. The topological polar surface area (TPSA) is 157 Å². The number of hydrazone groups is 1. The Hall–Kier alpha value is -4.02. The highest BCUT2D eigenvalue weighted by atomic mass is 16.6. The molecular formula is C15H12N4O7. The molecule has 0 saturated heterocycles. The van der Waals surface area contributed by atoms with Gasteiger partial charge in [-0.2, -0.15) is 5.10 Å². The number of rotatable bonds is 7. The lowest BCUT2D eigenvalue weighted by atomic mass is 10.2. The number of aromatic hydroxyl groups is 1. The van der Waals surface area contributed by atoms with Crippen LogP contribution in [0.2, 0.25) is 0 Å². The summed E-state index contributed by atoms with van der Waals surface area (Å²) >= 11 is 0. The molecule has 11 heteroatoms. The molecule has 0 heterocycles. The van der Waals surface area contributed by atoms with Gasteiger partial charge in [-0.3, -0.25) is 25.0 Å². The molecule has 0 aliphatic rings. The number of hydrogen-bond acceptors (Lipinski definition) is 8. The van der Waals surface area contributed by atoms with E-state index in [1.165, 1.54) is 24.3 Å². The number of nitro groups is 2. The van der Waals surface area contributed by atoms with Gasteiger partial charge in [-0.25, -0.2) is 5.43 Å². The minimum atomic E-state index is -0.635. The van der Waals surface area contributed by atoms with E-state index in [4.69, 9.17) is 4.74 Å². The molecule has 0 atom stereocenters. The molecule has 0 aromatic heterocycles. The molecule has 134 valence electrons. The maximum atomic E-state index is 11.6. The smallest absolute Gasteiger partial charge is 0.277 e. The number of nitro benzene ring substituents is 2. The first kappa shape index (κ1) is 18.3. The highest BCUT2D eigenvalue weighted by Gasteiger charge is 2.09. The van der Waals surface area contributed by atoms with Gasteiger partial charge in [0, 0.05) is 29.8 Å². The van der Waals surface area contributed by atoms with Crippen molar-refractivity contribution in [1.82, 2.24) is 5.43 Å². The number of carbonyl (C=O) groups excluding carboxylic acids is 1. The second-order valence-electron chi connectivity index (χ2n) is 4.83. The van der Waals surface area contributed by atoms with Gasteiger partial charge in [-0.05, 0) is 18.2 Å². The Kier molecular flexibility index (Phi) is 5.77. The first-order valence-electron chi connectivity index (χ1n) is 7.03. The summed E-state index contributed by atoms with van der Waals surface area (Å²) in [7, 11) is 0. The number of ether oxygens (including phenoxy) is 1. The van der Waals surface area contributed by atoms with Crippen molar-refractivity contribution in [1.29, 1.82) is 0 Å². The minimum Gasteiger partial charge on any atom is -0.507 e. The molecule has 0 unspecified atom stereocenters. The van der Waals surface area contributed by atoms with Gasteiger partial charge in [-0.1, -0.05) is 0 Å². The van der Waals surface area contributed by atoms with Crippen LogP contribution in [0, 0.1) is 20.2 Å². The molecule has 0 aliphatic carbocycles. The SMILES string of the molecule is O=C(COc1ccc([N+](=O)[O-])cc1)N/N=C/c1cc([N+](=O)[O-])ccc1O. The van der Waals surface area contributed by atoms with Crippen LogP contribution >= 0.6 is 0 Å². The molecule has 0 bridgehead atoms. The van der Waals surface area contributed by atoms with Gasteiger partial charge in [0.15, 0.2) is 6.61 Å².